The van der Waals surface area contributed by atoms with E-state index < -0.39 is 16.0 Å². The van der Waals surface area contributed by atoms with Crippen LogP contribution in [0.2, 0.25) is 5.15 Å². The van der Waals surface area contributed by atoms with Crippen LogP contribution in [0, 0.1) is 6.92 Å². The van der Waals surface area contributed by atoms with Crippen molar-refractivity contribution in [1.82, 2.24) is 14.5 Å². The van der Waals surface area contributed by atoms with Gasteiger partial charge < -0.3 is 9.47 Å². The summed E-state index contributed by atoms with van der Waals surface area (Å²) in [5.41, 5.74) is 1.06. The third-order valence-corrected chi connectivity index (χ3v) is 5.60. The molecule has 8 nitrogen and oxygen atoms in total. The SMILES string of the molecule is COC(=O)c1cc(CNS(=O)(=O)c2c(C)nn(C)c2Cl)ccc1OC. The van der Waals surface area contributed by atoms with Crippen LogP contribution in [-0.4, -0.2) is 38.4 Å². The molecule has 0 aliphatic rings. The van der Waals surface area contributed by atoms with Crippen LogP contribution in [0.1, 0.15) is 21.6 Å². The molecule has 0 spiro atoms. The van der Waals surface area contributed by atoms with E-state index >= 15 is 0 Å². The van der Waals surface area contributed by atoms with E-state index in [1.165, 1.54) is 25.0 Å². The molecule has 0 atom stereocenters. The number of rotatable bonds is 6. The highest BCUT2D eigenvalue weighted by molar-refractivity contribution is 7.89. The van der Waals surface area contributed by atoms with Crippen LogP contribution in [0.15, 0.2) is 23.1 Å². The number of methoxy groups -OCH3 is 2. The molecule has 0 unspecified atom stereocenters. The molecular weight excluding hydrogens is 370 g/mol. The lowest BCUT2D eigenvalue weighted by atomic mass is 10.1. The van der Waals surface area contributed by atoms with Gasteiger partial charge >= 0.3 is 5.97 Å². The highest BCUT2D eigenvalue weighted by Gasteiger charge is 2.25. The fourth-order valence-electron chi connectivity index (χ4n) is 2.30. The van der Waals surface area contributed by atoms with Crippen LogP contribution in [-0.2, 0) is 28.4 Å². The largest absolute Gasteiger partial charge is 0.496 e. The molecule has 0 saturated heterocycles. The maximum absolute atomic E-state index is 12.5. The van der Waals surface area contributed by atoms with Crippen molar-refractivity contribution in [1.29, 1.82) is 0 Å². The van der Waals surface area contributed by atoms with Crippen molar-refractivity contribution in [3.05, 3.63) is 40.2 Å². The zero-order chi connectivity index (χ0) is 18.8. The maximum atomic E-state index is 12.5. The molecule has 1 heterocycles. The number of carbonyl (C=O) groups excluding carboxylic acids is 1. The number of halogens is 1. The minimum Gasteiger partial charge on any atom is -0.496 e. The Hall–Kier alpha value is -2.10. The number of carbonyl (C=O) groups is 1. The van der Waals surface area contributed by atoms with Crippen molar-refractivity contribution in [2.24, 2.45) is 7.05 Å². The first-order valence-electron chi connectivity index (χ1n) is 7.15. The molecule has 10 heteroatoms. The monoisotopic (exact) mass is 387 g/mol. The second kappa shape index (κ2) is 7.42. The van der Waals surface area contributed by atoms with Crippen LogP contribution in [0.5, 0.6) is 5.75 Å². The van der Waals surface area contributed by atoms with Gasteiger partial charge in [-0.05, 0) is 24.6 Å². The van der Waals surface area contributed by atoms with E-state index in [0.29, 0.717) is 17.0 Å². The summed E-state index contributed by atoms with van der Waals surface area (Å²) in [6, 6.07) is 4.72. The number of nitrogens with zero attached hydrogens (tertiary/aromatic N) is 2. The number of aromatic nitrogens is 2. The quantitative estimate of drug-likeness (QED) is 0.756. The lowest BCUT2D eigenvalue weighted by molar-refractivity contribution is 0.0597. The Morgan fingerprint density at radius 2 is 2.04 bits per heavy atom. The van der Waals surface area contributed by atoms with E-state index in [1.807, 2.05) is 0 Å². The second-order valence-corrected chi connectivity index (χ2v) is 7.24. The molecule has 2 aromatic rings. The van der Waals surface area contributed by atoms with Crippen LogP contribution >= 0.6 is 11.6 Å². The molecule has 25 heavy (non-hydrogen) atoms. The Morgan fingerprint density at radius 3 is 2.56 bits per heavy atom. The van der Waals surface area contributed by atoms with Crippen LogP contribution in [0.25, 0.3) is 0 Å². The van der Waals surface area contributed by atoms with Crippen molar-refractivity contribution >= 4 is 27.6 Å². The van der Waals surface area contributed by atoms with Gasteiger partial charge in [-0.1, -0.05) is 17.7 Å². The van der Waals surface area contributed by atoms with Gasteiger partial charge in [0.05, 0.1) is 19.9 Å². The lowest BCUT2D eigenvalue weighted by Crippen LogP contribution is -2.24. The van der Waals surface area contributed by atoms with Gasteiger partial charge in [0.1, 0.15) is 21.4 Å². The van der Waals surface area contributed by atoms with Gasteiger partial charge in [0, 0.05) is 13.6 Å². The summed E-state index contributed by atoms with van der Waals surface area (Å²) >= 11 is 6.01. The average molecular weight is 388 g/mol. The lowest BCUT2D eigenvalue weighted by Gasteiger charge is -2.10. The van der Waals surface area contributed by atoms with E-state index in [2.05, 4.69) is 9.82 Å². The predicted octanol–water partition coefficient (Wildman–Crippen LogP) is 1.66. The van der Waals surface area contributed by atoms with Gasteiger partial charge in [0.15, 0.2) is 0 Å². The van der Waals surface area contributed by atoms with Crippen LogP contribution in [0.4, 0.5) is 0 Å². The third-order valence-electron chi connectivity index (χ3n) is 3.50. The normalized spacial score (nSPS) is 11.4. The molecule has 0 radical (unpaired) electrons. The third kappa shape index (κ3) is 3.94. The highest BCUT2D eigenvalue weighted by atomic mass is 35.5. The standard InChI is InChI=1S/C15H18ClN3O5S/c1-9-13(14(16)19(2)18-9)25(21,22)17-8-10-5-6-12(23-3)11(7-10)15(20)24-4/h5-7,17H,8H2,1-4H3. The minimum absolute atomic E-state index is 0.0231. The molecule has 1 N–H and O–H groups in total. The Balaban J connectivity index is 2.27. The van der Waals surface area contributed by atoms with Crippen molar-refractivity contribution in [2.45, 2.75) is 18.4 Å². The molecule has 0 aliphatic carbocycles. The summed E-state index contributed by atoms with van der Waals surface area (Å²) in [5, 5.41) is 4.01. The maximum Gasteiger partial charge on any atom is 0.341 e. The summed E-state index contributed by atoms with van der Waals surface area (Å²) in [7, 11) is 0.372. The van der Waals surface area contributed by atoms with E-state index in [4.69, 9.17) is 21.1 Å². The van der Waals surface area contributed by atoms with E-state index in [9.17, 15) is 13.2 Å². The number of aryl methyl sites for hydroxylation is 2. The fraction of sp³-hybridized carbons (Fsp3) is 0.333. The number of nitrogens with one attached hydrogen (secondary N) is 1. The van der Waals surface area contributed by atoms with Gasteiger partial charge in [-0.25, -0.2) is 17.9 Å². The summed E-state index contributed by atoms with van der Waals surface area (Å²) in [6.45, 7) is 1.52. The summed E-state index contributed by atoms with van der Waals surface area (Å²) in [6.07, 6.45) is 0. The molecule has 1 aromatic heterocycles. The Kier molecular flexibility index (Phi) is 5.71. The molecule has 0 bridgehead atoms. The fourth-order valence-corrected chi connectivity index (χ4v) is 4.06. The van der Waals surface area contributed by atoms with Crippen molar-refractivity contribution in [2.75, 3.05) is 14.2 Å². The summed E-state index contributed by atoms with van der Waals surface area (Å²) in [4.78, 5) is 11.7. The van der Waals surface area contributed by atoms with Gasteiger partial charge in [-0.2, -0.15) is 5.10 Å². The number of benzene rings is 1. The zero-order valence-electron chi connectivity index (χ0n) is 14.2. The Morgan fingerprint density at radius 1 is 1.36 bits per heavy atom. The highest BCUT2D eigenvalue weighted by Crippen LogP contribution is 2.25. The molecule has 0 saturated carbocycles. The molecule has 2 rings (SSSR count). The van der Waals surface area contributed by atoms with Crippen LogP contribution in [0.3, 0.4) is 0 Å². The Bertz CT molecular complexity index is 908. The van der Waals surface area contributed by atoms with Crippen molar-refractivity contribution in [3.63, 3.8) is 0 Å². The number of sulfonamides is 1. The number of esters is 1. The first-order valence-corrected chi connectivity index (χ1v) is 9.01. The number of hydrogen-bond acceptors (Lipinski definition) is 6. The molecule has 0 fully saturated rings. The Labute approximate surface area is 150 Å². The number of hydrogen-bond donors (Lipinski definition) is 1. The summed E-state index contributed by atoms with van der Waals surface area (Å²) < 4.78 is 38.5. The molecule has 0 aliphatic heterocycles. The molecule has 1 aromatic carbocycles. The molecule has 0 amide bonds. The molecular formula is C15H18ClN3O5S. The zero-order valence-corrected chi connectivity index (χ0v) is 15.7. The minimum atomic E-state index is -3.87. The van der Waals surface area contributed by atoms with E-state index in [1.54, 1.807) is 26.1 Å². The average Bonchev–Trinajstić information content (AvgIpc) is 2.84. The van der Waals surface area contributed by atoms with Gasteiger partial charge in [0.2, 0.25) is 10.0 Å². The van der Waals surface area contributed by atoms with E-state index in [0.717, 1.165) is 0 Å². The first kappa shape index (κ1) is 19.2. The van der Waals surface area contributed by atoms with Crippen LogP contribution < -0.4 is 9.46 Å². The van der Waals surface area contributed by atoms with Crippen molar-refractivity contribution < 1.29 is 22.7 Å². The predicted molar refractivity (Wildman–Crippen MR) is 91.3 cm³/mol. The van der Waals surface area contributed by atoms with Gasteiger partial charge in [-0.3, -0.25) is 4.68 Å². The topological polar surface area (TPSA) is 99.5 Å². The first-order chi connectivity index (χ1) is 11.7. The van der Waals surface area contributed by atoms with Gasteiger partial charge in [0.25, 0.3) is 0 Å². The second-order valence-electron chi connectivity index (χ2n) is 5.18. The molecule has 136 valence electrons. The van der Waals surface area contributed by atoms with Crippen molar-refractivity contribution in [3.8, 4) is 5.75 Å². The van der Waals surface area contributed by atoms with E-state index in [-0.39, 0.29) is 22.2 Å². The smallest absolute Gasteiger partial charge is 0.341 e. The summed E-state index contributed by atoms with van der Waals surface area (Å²) in [5.74, 6) is -0.239. The number of ether oxygens (including phenoxy) is 2. The van der Waals surface area contributed by atoms with Gasteiger partial charge in [-0.15, -0.1) is 0 Å².